The second kappa shape index (κ2) is 6.10. The number of carbonyl (C=O) groups is 1. The van der Waals surface area contributed by atoms with E-state index in [2.05, 4.69) is 5.10 Å². The summed E-state index contributed by atoms with van der Waals surface area (Å²) in [4.78, 5) is 24.6. The highest BCUT2D eigenvalue weighted by Crippen LogP contribution is 2.57. The van der Waals surface area contributed by atoms with Crippen molar-refractivity contribution in [3.05, 3.63) is 56.8 Å². The summed E-state index contributed by atoms with van der Waals surface area (Å²) in [6.45, 7) is 1.82. The zero-order valence-electron chi connectivity index (χ0n) is 14.4. The molecular formula is C18H13ClF3N3O3. The summed E-state index contributed by atoms with van der Waals surface area (Å²) in [5, 5.41) is 13.1. The van der Waals surface area contributed by atoms with E-state index in [0.717, 1.165) is 10.6 Å². The Morgan fingerprint density at radius 1 is 1.43 bits per heavy atom. The van der Waals surface area contributed by atoms with Crippen molar-refractivity contribution in [2.24, 2.45) is 0 Å². The second-order valence-electron chi connectivity index (χ2n) is 6.57. The molecule has 3 aromatic rings. The fourth-order valence-electron chi connectivity index (χ4n) is 3.39. The third-order valence-electron chi connectivity index (χ3n) is 4.84. The first kappa shape index (κ1) is 18.5. The van der Waals surface area contributed by atoms with Crippen molar-refractivity contribution in [3.63, 3.8) is 0 Å². The molecular weight excluding hydrogens is 399 g/mol. The van der Waals surface area contributed by atoms with Gasteiger partial charge >= 0.3 is 5.97 Å². The van der Waals surface area contributed by atoms with Crippen LogP contribution in [-0.4, -0.2) is 31.2 Å². The van der Waals surface area contributed by atoms with E-state index in [1.54, 1.807) is 6.92 Å². The van der Waals surface area contributed by atoms with Crippen LogP contribution in [0.5, 0.6) is 0 Å². The van der Waals surface area contributed by atoms with Crippen LogP contribution in [0.1, 0.15) is 35.3 Å². The van der Waals surface area contributed by atoms with Crippen LogP contribution < -0.4 is 5.56 Å². The maximum Gasteiger partial charge on any atom is 0.356 e. The summed E-state index contributed by atoms with van der Waals surface area (Å²) in [6.07, 6.45) is 0.795. The van der Waals surface area contributed by atoms with Crippen molar-refractivity contribution in [3.8, 4) is 11.3 Å². The van der Waals surface area contributed by atoms with Crippen LogP contribution in [0.15, 0.2) is 29.2 Å². The minimum Gasteiger partial charge on any atom is -0.476 e. The van der Waals surface area contributed by atoms with Gasteiger partial charge in [0.05, 0.1) is 22.8 Å². The molecule has 0 bridgehead atoms. The molecule has 1 aromatic carbocycles. The van der Waals surface area contributed by atoms with E-state index < -0.39 is 41.3 Å². The van der Waals surface area contributed by atoms with Gasteiger partial charge in [0.15, 0.2) is 5.69 Å². The molecule has 1 atom stereocenters. The Labute approximate surface area is 160 Å². The summed E-state index contributed by atoms with van der Waals surface area (Å²) in [5.74, 6) is -6.63. The zero-order valence-corrected chi connectivity index (χ0v) is 15.2. The lowest BCUT2D eigenvalue weighted by atomic mass is 10.1. The Bertz CT molecular complexity index is 1200. The quantitative estimate of drug-likeness (QED) is 0.708. The lowest BCUT2D eigenvalue weighted by Gasteiger charge is -2.13. The molecule has 4 rings (SSSR count). The first-order valence-corrected chi connectivity index (χ1v) is 8.76. The SMILES string of the molecule is CCn1c(-c2ccc(Cl)c(F)c2)cn2nc(C(=O)O)c(C3CC3(F)F)c2c1=O. The number of aromatic carboxylic acids is 1. The Morgan fingerprint density at radius 2 is 2.11 bits per heavy atom. The average Bonchev–Trinajstić information content (AvgIpc) is 3.09. The highest BCUT2D eigenvalue weighted by molar-refractivity contribution is 6.30. The molecule has 0 radical (unpaired) electrons. The van der Waals surface area contributed by atoms with Crippen LogP contribution in [-0.2, 0) is 6.54 Å². The van der Waals surface area contributed by atoms with E-state index in [1.807, 2.05) is 0 Å². The van der Waals surface area contributed by atoms with E-state index in [-0.39, 0.29) is 28.3 Å². The molecule has 6 nitrogen and oxygen atoms in total. The Hall–Kier alpha value is -2.81. The minimum absolute atomic E-state index is 0.0965. The highest BCUT2D eigenvalue weighted by atomic mass is 35.5. The summed E-state index contributed by atoms with van der Waals surface area (Å²) in [7, 11) is 0. The van der Waals surface area contributed by atoms with Crippen LogP contribution in [0.25, 0.3) is 16.8 Å². The standard InChI is InChI=1S/C18H13ClF3N3O3/c1-2-24-12(8-3-4-10(19)11(20)5-8)7-25-15(16(24)26)13(9-6-18(9,21)22)14(23-25)17(27)28/h3-5,7,9H,2,6H2,1H3,(H,27,28). The van der Waals surface area contributed by atoms with Crippen molar-refractivity contribution in [1.29, 1.82) is 0 Å². The van der Waals surface area contributed by atoms with Gasteiger partial charge in [-0.2, -0.15) is 5.10 Å². The molecule has 0 amide bonds. The number of nitrogens with zero attached hydrogens (tertiary/aromatic N) is 3. The van der Waals surface area contributed by atoms with E-state index in [1.165, 1.54) is 22.9 Å². The van der Waals surface area contributed by atoms with E-state index in [9.17, 15) is 27.9 Å². The first-order valence-electron chi connectivity index (χ1n) is 8.38. The van der Waals surface area contributed by atoms with Gasteiger partial charge in [-0.1, -0.05) is 17.7 Å². The Kier molecular flexibility index (Phi) is 4.04. The lowest BCUT2D eigenvalue weighted by Crippen LogP contribution is -2.24. The van der Waals surface area contributed by atoms with Crippen LogP contribution in [0.2, 0.25) is 5.02 Å². The number of benzene rings is 1. The van der Waals surface area contributed by atoms with E-state index in [0.29, 0.717) is 5.56 Å². The molecule has 28 heavy (non-hydrogen) atoms. The number of carboxylic acids is 1. The third-order valence-corrected chi connectivity index (χ3v) is 5.15. The third kappa shape index (κ3) is 2.69. The molecule has 1 N–H and O–H groups in total. The van der Waals surface area contributed by atoms with Crippen molar-refractivity contribution in [2.75, 3.05) is 0 Å². The van der Waals surface area contributed by atoms with Gasteiger partial charge in [-0.3, -0.25) is 4.79 Å². The largest absolute Gasteiger partial charge is 0.476 e. The predicted octanol–water partition coefficient (Wildman–Crippen LogP) is 3.80. The molecule has 1 saturated carbocycles. The average molecular weight is 412 g/mol. The van der Waals surface area contributed by atoms with Gasteiger partial charge in [0.1, 0.15) is 11.3 Å². The molecule has 0 spiro atoms. The molecule has 0 aliphatic heterocycles. The molecule has 10 heteroatoms. The van der Waals surface area contributed by atoms with Gasteiger partial charge in [-0.25, -0.2) is 22.5 Å². The van der Waals surface area contributed by atoms with E-state index in [4.69, 9.17) is 11.6 Å². The normalized spacial score (nSPS) is 17.8. The van der Waals surface area contributed by atoms with Gasteiger partial charge in [0, 0.05) is 24.1 Å². The van der Waals surface area contributed by atoms with Crippen molar-refractivity contribution in [2.45, 2.75) is 31.7 Å². The van der Waals surface area contributed by atoms with Crippen molar-refractivity contribution >= 4 is 23.1 Å². The fraction of sp³-hybridized carbons (Fsp3) is 0.278. The summed E-state index contributed by atoms with van der Waals surface area (Å²) in [5.41, 5.74) is -1.16. The molecule has 2 aromatic heterocycles. The zero-order chi connectivity index (χ0) is 20.4. The lowest BCUT2D eigenvalue weighted by molar-refractivity contribution is 0.0688. The van der Waals surface area contributed by atoms with Crippen LogP contribution >= 0.6 is 11.6 Å². The van der Waals surface area contributed by atoms with Gasteiger partial charge in [-0.05, 0) is 19.1 Å². The first-order chi connectivity index (χ1) is 13.2. The maximum atomic E-state index is 13.9. The molecule has 1 aliphatic carbocycles. The Balaban J connectivity index is 2.04. The molecule has 0 saturated heterocycles. The number of aromatic nitrogens is 3. The number of carboxylic acid groups (broad SMARTS) is 1. The number of hydrogen-bond donors (Lipinski definition) is 1. The van der Waals surface area contributed by atoms with Crippen LogP contribution in [0, 0.1) is 5.82 Å². The predicted molar refractivity (Wildman–Crippen MR) is 94.8 cm³/mol. The minimum atomic E-state index is -3.07. The smallest absolute Gasteiger partial charge is 0.356 e. The topological polar surface area (TPSA) is 76.6 Å². The number of fused-ring (bicyclic) bond motifs is 1. The molecule has 2 heterocycles. The van der Waals surface area contributed by atoms with Crippen LogP contribution in [0.4, 0.5) is 13.2 Å². The summed E-state index contributed by atoms with van der Waals surface area (Å²) >= 11 is 5.70. The summed E-state index contributed by atoms with van der Waals surface area (Å²) in [6, 6.07) is 3.95. The molecule has 1 aliphatic rings. The highest BCUT2D eigenvalue weighted by Gasteiger charge is 2.60. The van der Waals surface area contributed by atoms with Crippen molar-refractivity contribution < 1.29 is 23.1 Å². The van der Waals surface area contributed by atoms with Gasteiger partial charge in [0.2, 0.25) is 0 Å². The van der Waals surface area contributed by atoms with Gasteiger partial charge in [0.25, 0.3) is 11.5 Å². The number of hydrogen-bond acceptors (Lipinski definition) is 3. The van der Waals surface area contributed by atoms with Crippen LogP contribution in [0.3, 0.4) is 0 Å². The molecule has 1 unspecified atom stereocenters. The summed E-state index contributed by atoms with van der Waals surface area (Å²) < 4.78 is 43.5. The van der Waals surface area contributed by atoms with E-state index >= 15 is 0 Å². The number of alkyl halides is 2. The van der Waals surface area contributed by atoms with Gasteiger partial charge in [-0.15, -0.1) is 0 Å². The second-order valence-corrected chi connectivity index (χ2v) is 6.98. The van der Waals surface area contributed by atoms with Gasteiger partial charge < -0.3 is 9.67 Å². The molecule has 146 valence electrons. The fourth-order valence-corrected chi connectivity index (χ4v) is 3.51. The Morgan fingerprint density at radius 3 is 2.64 bits per heavy atom. The number of rotatable bonds is 4. The monoisotopic (exact) mass is 411 g/mol. The number of halogens is 4. The molecule has 1 fully saturated rings. The van der Waals surface area contributed by atoms with Crippen molar-refractivity contribution in [1.82, 2.24) is 14.2 Å². The maximum absolute atomic E-state index is 13.9.